The van der Waals surface area contributed by atoms with Crippen LogP contribution in [0, 0.1) is 0 Å². The van der Waals surface area contributed by atoms with Crippen LogP contribution in [0.25, 0.3) is 22.4 Å². The third-order valence-corrected chi connectivity index (χ3v) is 4.31. The summed E-state index contributed by atoms with van der Waals surface area (Å²) in [6.45, 7) is 2.14. The van der Waals surface area contributed by atoms with Gasteiger partial charge in [-0.15, -0.1) is 0 Å². The second kappa shape index (κ2) is 6.27. The van der Waals surface area contributed by atoms with Gasteiger partial charge in [0.2, 0.25) is 11.7 Å². The first-order chi connectivity index (χ1) is 11.3. The second-order valence-electron chi connectivity index (χ2n) is 5.50. The van der Waals surface area contributed by atoms with E-state index in [1.54, 1.807) is 12.4 Å². The van der Waals surface area contributed by atoms with Crippen LogP contribution in [0.1, 0.15) is 18.7 Å². The lowest BCUT2D eigenvalue weighted by Gasteiger charge is -2.08. The molecule has 1 aliphatic rings. The smallest absolute Gasteiger partial charge is 0.240 e. The molecule has 4 heterocycles. The number of nitrogens with zero attached hydrogens (tertiary/aromatic N) is 3. The molecule has 120 valence electrons. The molecule has 0 aliphatic carbocycles. The zero-order chi connectivity index (χ0) is 15.6. The number of nitrogens with one attached hydrogen (secondary N) is 2. The summed E-state index contributed by atoms with van der Waals surface area (Å²) in [4.78, 5) is 11.7. The standard InChI is InChI=1S/C15H16ClN5O2/c16-13-10-3-4-18-14(10)19-7-11(13)15-20-12(23-21-15)8-17-6-9-2-1-5-22-9/h3-4,7,9,17H,1-2,5-6,8H2,(H,18,19). The molecule has 1 unspecified atom stereocenters. The van der Waals surface area contributed by atoms with Gasteiger partial charge in [0.25, 0.3) is 0 Å². The first kappa shape index (κ1) is 14.6. The molecule has 3 aromatic heterocycles. The van der Waals surface area contributed by atoms with Crippen molar-refractivity contribution in [1.29, 1.82) is 0 Å². The molecule has 1 saturated heterocycles. The molecular weight excluding hydrogens is 318 g/mol. The van der Waals surface area contributed by atoms with Crippen molar-refractivity contribution in [2.45, 2.75) is 25.5 Å². The van der Waals surface area contributed by atoms with Crippen molar-refractivity contribution < 1.29 is 9.26 Å². The van der Waals surface area contributed by atoms with E-state index in [1.165, 1.54) is 0 Å². The monoisotopic (exact) mass is 333 g/mol. The number of aromatic nitrogens is 4. The maximum absolute atomic E-state index is 6.40. The number of aromatic amines is 1. The minimum absolute atomic E-state index is 0.284. The van der Waals surface area contributed by atoms with Crippen LogP contribution < -0.4 is 5.32 Å². The molecule has 0 aromatic carbocycles. The predicted molar refractivity (Wildman–Crippen MR) is 85.1 cm³/mol. The highest BCUT2D eigenvalue weighted by atomic mass is 35.5. The van der Waals surface area contributed by atoms with Crippen molar-refractivity contribution in [2.24, 2.45) is 0 Å². The molecule has 4 rings (SSSR count). The van der Waals surface area contributed by atoms with Crippen LogP contribution in [0.2, 0.25) is 5.02 Å². The summed E-state index contributed by atoms with van der Waals surface area (Å²) in [5.41, 5.74) is 1.40. The number of rotatable bonds is 5. The zero-order valence-corrected chi connectivity index (χ0v) is 13.1. The van der Waals surface area contributed by atoms with Crippen LogP contribution >= 0.6 is 11.6 Å². The topological polar surface area (TPSA) is 88.9 Å². The van der Waals surface area contributed by atoms with Crippen LogP contribution in [-0.2, 0) is 11.3 Å². The number of pyridine rings is 1. The Morgan fingerprint density at radius 2 is 2.39 bits per heavy atom. The number of fused-ring (bicyclic) bond motifs is 1. The van der Waals surface area contributed by atoms with Gasteiger partial charge < -0.3 is 19.6 Å². The van der Waals surface area contributed by atoms with E-state index in [0.717, 1.165) is 37.0 Å². The van der Waals surface area contributed by atoms with Gasteiger partial charge in [0.1, 0.15) is 5.65 Å². The first-order valence-electron chi connectivity index (χ1n) is 7.58. The van der Waals surface area contributed by atoms with E-state index < -0.39 is 0 Å². The largest absolute Gasteiger partial charge is 0.377 e. The molecule has 0 bridgehead atoms. The average molecular weight is 334 g/mol. The molecule has 0 radical (unpaired) electrons. The Bertz CT molecular complexity index is 809. The molecule has 23 heavy (non-hydrogen) atoms. The van der Waals surface area contributed by atoms with Crippen molar-refractivity contribution in [1.82, 2.24) is 25.4 Å². The second-order valence-corrected chi connectivity index (χ2v) is 5.88. The van der Waals surface area contributed by atoms with E-state index in [2.05, 4.69) is 25.4 Å². The van der Waals surface area contributed by atoms with E-state index in [4.69, 9.17) is 20.9 Å². The van der Waals surface area contributed by atoms with Crippen LogP contribution in [0.3, 0.4) is 0 Å². The number of ether oxygens (including phenoxy) is 1. The average Bonchev–Trinajstić information content (AvgIpc) is 3.29. The van der Waals surface area contributed by atoms with E-state index in [0.29, 0.717) is 28.8 Å². The van der Waals surface area contributed by atoms with Gasteiger partial charge in [-0.05, 0) is 18.9 Å². The first-order valence-corrected chi connectivity index (χ1v) is 7.96. The van der Waals surface area contributed by atoms with Crippen molar-refractivity contribution >= 4 is 22.6 Å². The van der Waals surface area contributed by atoms with Gasteiger partial charge in [0, 0.05) is 30.9 Å². The van der Waals surface area contributed by atoms with Crippen LogP contribution in [0.4, 0.5) is 0 Å². The summed E-state index contributed by atoms with van der Waals surface area (Å²) in [6.07, 6.45) is 5.95. The fourth-order valence-electron chi connectivity index (χ4n) is 2.71. The lowest BCUT2D eigenvalue weighted by molar-refractivity contribution is 0.109. The highest BCUT2D eigenvalue weighted by molar-refractivity contribution is 6.37. The van der Waals surface area contributed by atoms with Crippen molar-refractivity contribution in [3.8, 4) is 11.4 Å². The normalized spacial score (nSPS) is 18.0. The Morgan fingerprint density at radius 1 is 1.43 bits per heavy atom. The van der Waals surface area contributed by atoms with E-state index in [-0.39, 0.29) is 6.10 Å². The molecule has 2 N–H and O–H groups in total. The van der Waals surface area contributed by atoms with Gasteiger partial charge in [-0.1, -0.05) is 16.8 Å². The molecule has 1 fully saturated rings. The molecule has 8 heteroatoms. The summed E-state index contributed by atoms with van der Waals surface area (Å²) in [6, 6.07) is 1.87. The molecular formula is C15H16ClN5O2. The zero-order valence-electron chi connectivity index (χ0n) is 12.4. The summed E-state index contributed by atoms with van der Waals surface area (Å²) >= 11 is 6.40. The molecule has 7 nitrogen and oxygen atoms in total. The van der Waals surface area contributed by atoms with E-state index in [1.807, 2.05) is 6.07 Å². The number of hydrogen-bond acceptors (Lipinski definition) is 6. The highest BCUT2D eigenvalue weighted by Crippen LogP contribution is 2.31. The molecule has 1 atom stereocenters. The molecule has 3 aromatic rings. The van der Waals surface area contributed by atoms with Gasteiger partial charge in [-0.25, -0.2) is 4.98 Å². The number of hydrogen-bond donors (Lipinski definition) is 2. The van der Waals surface area contributed by atoms with Crippen molar-refractivity contribution in [3.63, 3.8) is 0 Å². The highest BCUT2D eigenvalue weighted by Gasteiger charge is 2.17. The molecule has 0 spiro atoms. The van der Waals surface area contributed by atoms with Crippen LogP contribution in [0.15, 0.2) is 23.0 Å². The van der Waals surface area contributed by atoms with E-state index >= 15 is 0 Å². The number of H-pyrrole nitrogens is 1. The van der Waals surface area contributed by atoms with E-state index in [9.17, 15) is 0 Å². The Labute approximate surface area is 137 Å². The number of halogens is 1. The third kappa shape index (κ3) is 2.95. The molecule has 0 saturated carbocycles. The maximum atomic E-state index is 6.40. The quantitative estimate of drug-likeness (QED) is 0.746. The van der Waals surface area contributed by atoms with Crippen molar-refractivity contribution in [3.05, 3.63) is 29.4 Å². The van der Waals surface area contributed by atoms with Gasteiger partial charge in [0.15, 0.2) is 0 Å². The summed E-state index contributed by atoms with van der Waals surface area (Å²) in [5, 5.41) is 8.68. The summed E-state index contributed by atoms with van der Waals surface area (Å²) < 4.78 is 10.8. The molecule has 0 amide bonds. The molecule has 1 aliphatic heterocycles. The Hall–Kier alpha value is -1.96. The SMILES string of the molecule is Clc1c(-c2noc(CNCC3CCCO3)n2)cnc2[nH]ccc12. The fourth-order valence-corrected chi connectivity index (χ4v) is 3.00. The lowest BCUT2D eigenvalue weighted by atomic mass is 10.2. The Kier molecular flexibility index (Phi) is 3.99. The fraction of sp³-hybridized carbons (Fsp3) is 0.400. The van der Waals surface area contributed by atoms with Gasteiger partial charge in [-0.2, -0.15) is 4.98 Å². The Balaban J connectivity index is 1.46. The maximum Gasteiger partial charge on any atom is 0.240 e. The summed E-state index contributed by atoms with van der Waals surface area (Å²) in [7, 11) is 0. The van der Waals surface area contributed by atoms with Crippen LogP contribution in [-0.4, -0.2) is 39.4 Å². The minimum Gasteiger partial charge on any atom is -0.377 e. The van der Waals surface area contributed by atoms with Crippen LogP contribution in [0.5, 0.6) is 0 Å². The Morgan fingerprint density at radius 3 is 3.26 bits per heavy atom. The minimum atomic E-state index is 0.284. The predicted octanol–water partition coefficient (Wildman–Crippen LogP) is 2.53. The third-order valence-electron chi connectivity index (χ3n) is 3.90. The lowest BCUT2D eigenvalue weighted by Crippen LogP contribution is -2.25. The summed E-state index contributed by atoms with van der Waals surface area (Å²) in [5.74, 6) is 0.961. The van der Waals surface area contributed by atoms with Gasteiger partial charge in [-0.3, -0.25) is 0 Å². The van der Waals surface area contributed by atoms with Gasteiger partial charge in [0.05, 0.1) is 23.2 Å². The van der Waals surface area contributed by atoms with Crippen molar-refractivity contribution in [2.75, 3.05) is 13.2 Å². The van der Waals surface area contributed by atoms with Gasteiger partial charge >= 0.3 is 0 Å².